The van der Waals surface area contributed by atoms with Crippen LogP contribution < -0.4 is 16.8 Å². The van der Waals surface area contributed by atoms with Crippen molar-refractivity contribution >= 4 is 36.2 Å². The third-order valence-corrected chi connectivity index (χ3v) is 2.84. The fraction of sp³-hybridized carbons (Fsp3) is 0.750. The molecule has 2 unspecified atom stereocenters. The molecule has 2 atom stereocenters. The fourth-order valence-electron chi connectivity index (χ4n) is 0.883. The molecule has 15 heavy (non-hydrogen) atoms. The van der Waals surface area contributed by atoms with Gasteiger partial charge < -0.3 is 16.8 Å². The summed E-state index contributed by atoms with van der Waals surface area (Å²) >= 11 is 5.48. The molecule has 0 aliphatic carbocycles. The molecule has 0 saturated carbocycles. The van der Waals surface area contributed by atoms with Gasteiger partial charge in [0.15, 0.2) is 0 Å². The highest BCUT2D eigenvalue weighted by Crippen LogP contribution is 2.00. The molecule has 5 N–H and O–H groups in total. The largest absolute Gasteiger partial charge is 0.368 e. The lowest BCUT2D eigenvalue weighted by molar-refractivity contribution is -0.127. The van der Waals surface area contributed by atoms with E-state index in [0.717, 1.165) is 5.75 Å². The predicted molar refractivity (Wildman–Crippen MR) is 66.0 cm³/mol. The quantitative estimate of drug-likeness (QED) is 0.435. The van der Waals surface area contributed by atoms with Gasteiger partial charge in [0.2, 0.25) is 11.8 Å². The number of amides is 2. The summed E-state index contributed by atoms with van der Waals surface area (Å²) in [5.41, 5.74) is 10.6. The number of nitrogens with one attached hydrogen (secondary N) is 1. The molecule has 2 amide bonds. The molecule has 88 valence electrons. The maximum absolute atomic E-state index is 11.4. The highest BCUT2D eigenvalue weighted by Gasteiger charge is 2.20. The molecule has 0 fully saturated rings. The molecule has 0 aromatic heterocycles. The van der Waals surface area contributed by atoms with Gasteiger partial charge in [0, 0.05) is 5.75 Å². The van der Waals surface area contributed by atoms with Gasteiger partial charge in [0.1, 0.15) is 6.04 Å². The van der Waals surface area contributed by atoms with Crippen molar-refractivity contribution in [2.24, 2.45) is 11.5 Å². The second-order valence-electron chi connectivity index (χ2n) is 3.03. The van der Waals surface area contributed by atoms with Gasteiger partial charge in [-0.15, -0.1) is 0 Å². The molecule has 0 bridgehead atoms. The van der Waals surface area contributed by atoms with Gasteiger partial charge in [-0.1, -0.05) is 0 Å². The van der Waals surface area contributed by atoms with E-state index in [4.69, 9.17) is 11.5 Å². The van der Waals surface area contributed by atoms with Crippen molar-refractivity contribution in [3.05, 3.63) is 0 Å². The highest BCUT2D eigenvalue weighted by atomic mass is 32.2. The standard InChI is InChI=1S/C8H17N3O2S2/c1-15-3-2-6(7(10)12)11-8(13)5(9)4-14/h5-6,14H,2-4,9H2,1H3,(H2,10,12)(H,11,13). The van der Waals surface area contributed by atoms with Crippen molar-refractivity contribution in [1.82, 2.24) is 5.32 Å². The Labute approximate surface area is 99.1 Å². The van der Waals surface area contributed by atoms with Crippen LogP contribution in [0.2, 0.25) is 0 Å². The monoisotopic (exact) mass is 251 g/mol. The van der Waals surface area contributed by atoms with Crippen molar-refractivity contribution in [2.45, 2.75) is 18.5 Å². The maximum atomic E-state index is 11.4. The lowest BCUT2D eigenvalue weighted by Gasteiger charge is -2.17. The van der Waals surface area contributed by atoms with Crippen LogP contribution in [0.1, 0.15) is 6.42 Å². The van der Waals surface area contributed by atoms with Gasteiger partial charge in [-0.2, -0.15) is 24.4 Å². The molecule has 0 aromatic carbocycles. The number of hydrogen-bond acceptors (Lipinski definition) is 5. The average molecular weight is 251 g/mol. The van der Waals surface area contributed by atoms with E-state index in [-0.39, 0.29) is 5.75 Å². The SMILES string of the molecule is CSCCC(NC(=O)C(N)CS)C(N)=O. The molecule has 0 saturated heterocycles. The van der Waals surface area contributed by atoms with Crippen LogP contribution in [0.25, 0.3) is 0 Å². The van der Waals surface area contributed by atoms with Crippen LogP contribution in [-0.4, -0.2) is 41.7 Å². The summed E-state index contributed by atoms with van der Waals surface area (Å²) in [5.74, 6) is 0.0581. The number of hydrogen-bond donors (Lipinski definition) is 4. The highest BCUT2D eigenvalue weighted by molar-refractivity contribution is 7.98. The maximum Gasteiger partial charge on any atom is 0.240 e. The lowest BCUT2D eigenvalue weighted by atomic mass is 10.2. The van der Waals surface area contributed by atoms with Crippen LogP contribution in [0.3, 0.4) is 0 Å². The van der Waals surface area contributed by atoms with Crippen LogP contribution in [0.15, 0.2) is 0 Å². The first-order valence-corrected chi connectivity index (χ1v) is 6.50. The molecule has 0 aromatic rings. The normalized spacial score (nSPS) is 14.3. The Hall–Kier alpha value is -0.400. The van der Waals surface area contributed by atoms with Crippen LogP contribution in [0.4, 0.5) is 0 Å². The number of carbonyl (C=O) groups excluding carboxylic acids is 2. The summed E-state index contributed by atoms with van der Waals surface area (Å²) in [6, 6.07) is -1.35. The summed E-state index contributed by atoms with van der Waals surface area (Å²) in [7, 11) is 0. The predicted octanol–water partition coefficient (Wildman–Crippen LogP) is -1.03. The van der Waals surface area contributed by atoms with Gasteiger partial charge in [-0.05, 0) is 18.4 Å². The molecular weight excluding hydrogens is 234 g/mol. The minimum Gasteiger partial charge on any atom is -0.368 e. The van der Waals surface area contributed by atoms with E-state index in [1.807, 2.05) is 6.26 Å². The number of carbonyl (C=O) groups is 2. The summed E-state index contributed by atoms with van der Waals surface area (Å²) in [4.78, 5) is 22.3. The van der Waals surface area contributed by atoms with Crippen LogP contribution >= 0.6 is 24.4 Å². The molecule has 5 nitrogen and oxygen atoms in total. The average Bonchev–Trinajstić information content (AvgIpc) is 2.22. The Morgan fingerprint density at radius 2 is 2.13 bits per heavy atom. The summed E-state index contributed by atoms with van der Waals surface area (Å²) < 4.78 is 0. The van der Waals surface area contributed by atoms with Gasteiger partial charge in [-0.3, -0.25) is 9.59 Å². The van der Waals surface area contributed by atoms with Gasteiger partial charge in [0.25, 0.3) is 0 Å². The van der Waals surface area contributed by atoms with E-state index >= 15 is 0 Å². The van der Waals surface area contributed by atoms with Crippen molar-refractivity contribution in [3.8, 4) is 0 Å². The zero-order valence-corrected chi connectivity index (χ0v) is 10.3. The number of rotatable bonds is 7. The minimum atomic E-state index is -0.704. The third kappa shape index (κ3) is 5.91. The summed E-state index contributed by atoms with van der Waals surface area (Å²) in [6.07, 6.45) is 2.43. The molecule has 7 heteroatoms. The lowest BCUT2D eigenvalue weighted by Crippen LogP contribution is -2.51. The van der Waals surface area contributed by atoms with E-state index in [2.05, 4.69) is 17.9 Å². The number of primary amides is 1. The van der Waals surface area contributed by atoms with Gasteiger partial charge in [-0.25, -0.2) is 0 Å². The van der Waals surface area contributed by atoms with Crippen molar-refractivity contribution in [3.63, 3.8) is 0 Å². The number of nitrogens with two attached hydrogens (primary N) is 2. The van der Waals surface area contributed by atoms with Crippen LogP contribution in [0.5, 0.6) is 0 Å². The second-order valence-corrected chi connectivity index (χ2v) is 4.38. The zero-order chi connectivity index (χ0) is 11.8. The van der Waals surface area contributed by atoms with Gasteiger partial charge >= 0.3 is 0 Å². The minimum absolute atomic E-state index is 0.236. The Balaban J connectivity index is 4.16. The Kier molecular flexibility index (Phi) is 7.63. The van der Waals surface area contributed by atoms with Gasteiger partial charge in [0.05, 0.1) is 6.04 Å². The molecule has 0 rings (SSSR count). The van der Waals surface area contributed by atoms with E-state index in [9.17, 15) is 9.59 Å². The first kappa shape index (κ1) is 14.6. The summed E-state index contributed by atoms with van der Waals surface area (Å²) in [5, 5.41) is 2.50. The second kappa shape index (κ2) is 7.84. The third-order valence-electron chi connectivity index (χ3n) is 1.80. The van der Waals surface area contributed by atoms with Crippen molar-refractivity contribution in [1.29, 1.82) is 0 Å². The molecule has 0 heterocycles. The number of thioether (sulfide) groups is 1. The first-order valence-electron chi connectivity index (χ1n) is 4.48. The first-order chi connectivity index (χ1) is 7.02. The van der Waals surface area contributed by atoms with Crippen LogP contribution in [0, 0.1) is 0 Å². The van der Waals surface area contributed by atoms with E-state index in [1.54, 1.807) is 11.8 Å². The van der Waals surface area contributed by atoms with E-state index < -0.39 is 23.9 Å². The summed E-state index contributed by atoms with van der Waals surface area (Å²) in [6.45, 7) is 0. The molecule has 0 aliphatic heterocycles. The fourth-order valence-corrected chi connectivity index (χ4v) is 1.52. The Morgan fingerprint density at radius 3 is 2.53 bits per heavy atom. The van der Waals surface area contributed by atoms with Crippen molar-refractivity contribution in [2.75, 3.05) is 17.8 Å². The number of thiol groups is 1. The molecule has 0 radical (unpaired) electrons. The molecule has 0 aliphatic rings. The van der Waals surface area contributed by atoms with E-state index in [1.165, 1.54) is 0 Å². The Bertz CT molecular complexity index is 226. The van der Waals surface area contributed by atoms with Crippen molar-refractivity contribution < 1.29 is 9.59 Å². The molecular formula is C8H17N3O2S2. The van der Waals surface area contributed by atoms with E-state index in [0.29, 0.717) is 6.42 Å². The molecule has 0 spiro atoms. The topological polar surface area (TPSA) is 98.2 Å². The Morgan fingerprint density at radius 1 is 1.53 bits per heavy atom. The zero-order valence-electron chi connectivity index (χ0n) is 8.60. The smallest absolute Gasteiger partial charge is 0.240 e. The van der Waals surface area contributed by atoms with Crippen LogP contribution in [-0.2, 0) is 9.59 Å².